The van der Waals surface area contributed by atoms with Gasteiger partial charge in [-0.1, -0.05) is 29.8 Å². The van der Waals surface area contributed by atoms with E-state index in [-0.39, 0.29) is 59.5 Å². The normalized spacial score (nSPS) is 19.6. The maximum absolute atomic E-state index is 14.4. The zero-order chi connectivity index (χ0) is 94.4. The van der Waals surface area contributed by atoms with Crippen LogP contribution in [0.1, 0.15) is 166 Å². The van der Waals surface area contributed by atoms with Crippen molar-refractivity contribution in [1.29, 1.82) is 0 Å². The van der Waals surface area contributed by atoms with E-state index in [9.17, 15) is 46.7 Å². The Morgan fingerprint density at radius 2 is 0.799 bits per heavy atom. The number of benzene rings is 6. The molecule has 134 heavy (non-hydrogen) atoms. The van der Waals surface area contributed by atoms with Gasteiger partial charge in [0.05, 0.1) is 68.1 Å². The van der Waals surface area contributed by atoms with Crippen molar-refractivity contribution in [3.8, 4) is 23.0 Å². The molecule has 0 spiro atoms. The van der Waals surface area contributed by atoms with E-state index in [0.717, 1.165) is 123 Å². The highest BCUT2D eigenvalue weighted by molar-refractivity contribution is 7.20. The van der Waals surface area contributed by atoms with Crippen LogP contribution in [-0.2, 0) is 0 Å². The second-order valence-corrected chi connectivity index (χ2v) is 38.1. The van der Waals surface area contributed by atoms with Gasteiger partial charge in [-0.2, -0.15) is 0 Å². The summed E-state index contributed by atoms with van der Waals surface area (Å²) in [5.74, 6) is 0.783. The summed E-state index contributed by atoms with van der Waals surface area (Å²) in [5, 5.41) is 1.61. The Bertz CT molecular complexity index is 5080. The quantitative estimate of drug-likeness (QED) is 0.0266. The van der Waals surface area contributed by atoms with Crippen LogP contribution in [0.5, 0.6) is 23.0 Å². The van der Waals surface area contributed by atoms with Crippen LogP contribution in [0, 0.1) is 17.5 Å². The average Bonchev–Trinajstić information content (AvgIpc) is 1.75. The summed E-state index contributed by atoms with van der Waals surface area (Å²) < 4.78 is 65.8. The SMILES string of the molecule is C[C@@H]1CCCN1CCCOc1ccc(C(=O)CN2CCN(C(=O)N(C)C)CC2)cc1F.C[C@@H]1CCCN1CCCOc1ccc(C(=O)CN2CCN(C(=O)c3cc4ccccc4s3)CC2)cc1.C[C@@H]1CCCN1CCCOc1ccc(C(=O)CN2CCN(C(=O)c3ccc(F)cc3F)CC2)cc1.C[C@@H]1CCCN1CCCOc1ccc(C(=O)CN2CCN(c3ncccn3)CC2)cc1Cl. The number of aromatic nitrogens is 2. The van der Waals surface area contributed by atoms with E-state index in [1.165, 1.54) is 88.0 Å². The molecule has 0 unspecified atom stereocenters. The number of ether oxygens (including phenoxy) is 4. The highest BCUT2D eigenvalue weighted by atomic mass is 35.5. The number of likely N-dealkylation sites (tertiary alicyclic amines) is 4. The molecule has 8 saturated heterocycles. The van der Waals surface area contributed by atoms with Crippen LogP contribution >= 0.6 is 22.9 Å². The second-order valence-electron chi connectivity index (χ2n) is 36.6. The number of hydrogen-bond donors (Lipinski definition) is 0. The van der Waals surface area contributed by atoms with Gasteiger partial charge in [0, 0.05) is 215 Å². The van der Waals surface area contributed by atoms with Crippen LogP contribution in [0.2, 0.25) is 5.02 Å². The Morgan fingerprint density at radius 3 is 1.22 bits per heavy atom. The molecule has 722 valence electrons. The summed E-state index contributed by atoms with van der Waals surface area (Å²) in [5.41, 5.74) is 2.17. The number of carbonyl (C=O) groups is 7. The van der Waals surface area contributed by atoms with E-state index in [4.69, 9.17) is 30.5 Å². The molecule has 0 aliphatic carbocycles. The Hall–Kier alpha value is -9.99. The van der Waals surface area contributed by atoms with Gasteiger partial charge in [0.1, 0.15) is 28.9 Å². The molecule has 31 heteroatoms. The number of Topliss-reactive ketones (excluding diaryl/α,β-unsaturated/α-hetero) is 4. The molecule has 0 radical (unpaired) electrons. The van der Waals surface area contributed by atoms with Gasteiger partial charge in [0.2, 0.25) is 5.95 Å². The third-order valence-electron chi connectivity index (χ3n) is 26.9. The summed E-state index contributed by atoms with van der Waals surface area (Å²) in [7, 11) is 3.46. The third kappa shape index (κ3) is 30.0. The fraction of sp³-hybridized carbons (Fsp3) is 0.524. The van der Waals surface area contributed by atoms with Gasteiger partial charge in [-0.05, 0) is 252 Å². The lowest BCUT2D eigenvalue weighted by atomic mass is 10.1. The molecule has 8 fully saturated rings. The van der Waals surface area contributed by atoms with E-state index >= 15 is 0 Å². The lowest BCUT2D eigenvalue weighted by Crippen LogP contribution is -2.52. The van der Waals surface area contributed by atoms with E-state index in [1.807, 2.05) is 93.6 Å². The Balaban J connectivity index is 0.000000152. The van der Waals surface area contributed by atoms with E-state index in [0.29, 0.717) is 181 Å². The minimum absolute atomic E-state index is 0.00364. The number of halogens is 4. The summed E-state index contributed by atoms with van der Waals surface area (Å²) in [4.78, 5) is 125. The first-order chi connectivity index (χ1) is 64.9. The summed E-state index contributed by atoms with van der Waals surface area (Å²) in [6.45, 7) is 31.8. The molecule has 10 heterocycles. The van der Waals surface area contributed by atoms with Crippen LogP contribution in [0.15, 0.2) is 152 Å². The highest BCUT2D eigenvalue weighted by Gasteiger charge is 2.32. The van der Waals surface area contributed by atoms with Gasteiger partial charge < -0.3 is 63.0 Å². The van der Waals surface area contributed by atoms with Gasteiger partial charge in [0.25, 0.3) is 11.8 Å². The predicted molar refractivity (Wildman–Crippen MR) is 520 cm³/mol. The van der Waals surface area contributed by atoms with Crippen molar-refractivity contribution in [3.05, 3.63) is 207 Å². The highest BCUT2D eigenvalue weighted by Crippen LogP contribution is 2.31. The van der Waals surface area contributed by atoms with Gasteiger partial charge in [-0.15, -0.1) is 11.3 Å². The zero-order valence-corrected chi connectivity index (χ0v) is 80.5. The molecule has 0 bridgehead atoms. The largest absolute Gasteiger partial charge is 0.494 e. The monoisotopic (exact) mass is 1880 g/mol. The van der Waals surface area contributed by atoms with Gasteiger partial charge in [-0.25, -0.2) is 27.9 Å². The number of piperazine rings is 4. The van der Waals surface area contributed by atoms with Gasteiger partial charge >= 0.3 is 6.03 Å². The summed E-state index contributed by atoms with van der Waals surface area (Å²) in [6.07, 6.45) is 17.6. The van der Waals surface area contributed by atoms with Crippen LogP contribution in [0.25, 0.3) is 10.1 Å². The topological polar surface area (TPSA) is 224 Å². The van der Waals surface area contributed by atoms with Crippen molar-refractivity contribution in [1.82, 2.24) is 68.8 Å². The van der Waals surface area contributed by atoms with Crippen LogP contribution in [-0.4, -0.2) is 358 Å². The molecule has 8 aromatic rings. The van der Waals surface area contributed by atoms with E-state index in [2.05, 4.69) is 78.0 Å². The van der Waals surface area contributed by atoms with Gasteiger partial charge in [-0.3, -0.25) is 48.4 Å². The smallest absolute Gasteiger partial charge is 0.319 e. The molecule has 8 aliphatic heterocycles. The number of hydrogen-bond acceptors (Lipinski definition) is 23. The molecule has 2 aromatic heterocycles. The van der Waals surface area contributed by atoms with E-state index < -0.39 is 23.4 Å². The standard InChI is InChI=1S/C29H35N3O3S.C27H33F2N3O3.C24H32ClN5O2.C23H35FN4O3/c1-22-6-4-13-31(22)14-5-19-35-25-11-9-23(10-12-25)26(33)21-30-15-17-32(18-16-30)29(34)28-20-24-7-2-3-8-27(24)36-28;1-20-4-2-11-31(20)12-3-17-35-23-8-5-21(6-9-23)26(33)19-30-13-15-32(16-14-30)27(34)24-10-7-22(28)18-25(24)29;1-19-5-2-10-29(19)11-4-16-32-23-7-6-20(17-21(23)25)22(31)18-28-12-14-30(15-13-28)24-26-8-3-9-27-24;1-18-6-4-9-27(18)10-5-15-31-22-8-7-19(16-20(22)24)21(29)17-26-11-13-28(14-12-26)23(30)25(2)3/h2-3,7-12,20,22H,4-6,13-19,21H2,1H3;5-10,18,20H,2-4,11-17,19H2,1H3;3,6-9,17,19H,2,4-5,10-16,18H2,1H3;7-8,16,18H,4-6,9-15,17H2,1-3H3/t22-;20-;19-;18-/m1111/s1. The molecule has 26 nitrogen and oxygen atoms in total. The number of anilines is 1. The lowest BCUT2D eigenvalue weighted by molar-refractivity contribution is 0.0612. The number of thiophene rings is 1. The minimum Gasteiger partial charge on any atom is -0.494 e. The van der Waals surface area contributed by atoms with Crippen LogP contribution in [0.4, 0.5) is 23.9 Å². The van der Waals surface area contributed by atoms with Crippen molar-refractivity contribution >= 4 is 80.0 Å². The average molecular weight is 1880 g/mol. The fourth-order valence-electron chi connectivity index (χ4n) is 18.6. The van der Waals surface area contributed by atoms with Crippen LogP contribution in [0.3, 0.4) is 0 Å². The zero-order valence-electron chi connectivity index (χ0n) is 79.0. The minimum atomic E-state index is -0.860. The third-order valence-corrected chi connectivity index (χ3v) is 28.3. The predicted octanol–water partition coefficient (Wildman–Crippen LogP) is 14.6. The number of ketones is 4. The molecular formula is C103H135ClF3N15O11S. The molecular weight excluding hydrogens is 1750 g/mol. The Labute approximate surface area is 797 Å². The molecule has 16 rings (SSSR count). The number of urea groups is 1. The molecule has 4 atom stereocenters. The first-order valence-electron chi connectivity index (χ1n) is 48.2. The van der Waals surface area contributed by atoms with Gasteiger partial charge in [0.15, 0.2) is 34.7 Å². The second kappa shape index (κ2) is 51.3. The van der Waals surface area contributed by atoms with E-state index in [1.54, 1.807) is 78.0 Å². The van der Waals surface area contributed by atoms with Crippen LogP contribution < -0.4 is 23.8 Å². The first-order valence-corrected chi connectivity index (χ1v) is 49.4. The van der Waals surface area contributed by atoms with Crippen molar-refractivity contribution in [3.63, 3.8) is 0 Å². The molecule has 6 aromatic carbocycles. The molecule has 8 aliphatic rings. The number of fused-ring (bicyclic) bond motifs is 1. The summed E-state index contributed by atoms with van der Waals surface area (Å²) >= 11 is 7.96. The van der Waals surface area contributed by atoms with Crippen molar-refractivity contribution in [2.45, 2.75) is 129 Å². The molecule has 0 N–H and O–H groups in total. The Morgan fingerprint density at radius 1 is 0.403 bits per heavy atom. The number of nitrogens with zero attached hydrogens (tertiary/aromatic N) is 15. The van der Waals surface area contributed by atoms with Crippen molar-refractivity contribution in [2.24, 2.45) is 0 Å². The lowest BCUT2D eigenvalue weighted by Gasteiger charge is -2.35. The number of amides is 4. The number of rotatable bonds is 35. The maximum Gasteiger partial charge on any atom is 0.319 e. The fourth-order valence-corrected chi connectivity index (χ4v) is 19.8. The summed E-state index contributed by atoms with van der Waals surface area (Å²) in [6, 6.07) is 42.1. The first kappa shape index (κ1) is 101. The molecule has 0 saturated carbocycles. The number of carbonyl (C=O) groups excluding carboxylic acids is 7. The van der Waals surface area contributed by atoms with Crippen molar-refractivity contribution in [2.75, 3.05) is 229 Å². The van der Waals surface area contributed by atoms with Crippen molar-refractivity contribution < 1.29 is 65.7 Å². The maximum atomic E-state index is 14.4. The molecule has 4 amide bonds. The Kier molecular flexibility index (Phi) is 38.8.